The molecule has 0 unspecified atom stereocenters. The average Bonchev–Trinajstić information content (AvgIpc) is 2.64. The lowest BCUT2D eigenvalue weighted by Crippen LogP contribution is -2.51. The van der Waals surface area contributed by atoms with E-state index in [0.717, 1.165) is 31.5 Å². The van der Waals surface area contributed by atoms with Crippen molar-refractivity contribution in [1.29, 1.82) is 0 Å². The lowest BCUT2D eigenvalue weighted by atomic mass is 10.1. The number of ether oxygens (including phenoxy) is 1. The summed E-state index contributed by atoms with van der Waals surface area (Å²) in [4.78, 5) is 28.2. The minimum Gasteiger partial charge on any atom is -0.484 e. The van der Waals surface area contributed by atoms with Crippen LogP contribution < -0.4 is 10.1 Å². The Labute approximate surface area is 156 Å². The number of nitrogens with zero attached hydrogens (tertiary/aromatic N) is 2. The molecule has 0 radical (unpaired) electrons. The number of aryl methyl sites for hydroxylation is 2. The smallest absolute Gasteiger partial charge is 0.319 e. The minimum atomic E-state index is -0.114. The minimum absolute atomic E-state index is 0.0150. The van der Waals surface area contributed by atoms with Crippen molar-refractivity contribution in [3.8, 4) is 5.75 Å². The molecule has 1 N–H and O–H groups in total. The summed E-state index contributed by atoms with van der Waals surface area (Å²) in [5.74, 6) is 0.597. The first-order valence-corrected chi connectivity index (χ1v) is 9.47. The summed E-state index contributed by atoms with van der Waals surface area (Å²) in [6.07, 6.45) is 1.56. The maximum Gasteiger partial charge on any atom is 0.319 e. The van der Waals surface area contributed by atoms with Crippen molar-refractivity contribution in [3.63, 3.8) is 0 Å². The molecule has 6 nitrogen and oxygen atoms in total. The van der Waals surface area contributed by atoms with E-state index in [1.165, 1.54) is 5.56 Å². The number of hydrogen-bond acceptors (Lipinski definition) is 3. The van der Waals surface area contributed by atoms with Gasteiger partial charge in [-0.05, 0) is 63.8 Å². The Bertz CT molecular complexity index is 621. The first-order chi connectivity index (χ1) is 12.4. The van der Waals surface area contributed by atoms with Gasteiger partial charge in [0.05, 0.1) is 0 Å². The number of benzene rings is 1. The van der Waals surface area contributed by atoms with Crippen LogP contribution in [0.2, 0.25) is 0 Å². The van der Waals surface area contributed by atoms with Gasteiger partial charge in [0.25, 0.3) is 5.91 Å². The third-order valence-electron chi connectivity index (χ3n) is 5.01. The fourth-order valence-electron chi connectivity index (χ4n) is 3.13. The van der Waals surface area contributed by atoms with E-state index in [1.54, 1.807) is 0 Å². The van der Waals surface area contributed by atoms with E-state index in [-0.39, 0.29) is 24.6 Å². The number of nitrogens with one attached hydrogen (secondary N) is 1. The Morgan fingerprint density at radius 3 is 2.38 bits per heavy atom. The highest BCUT2D eigenvalue weighted by atomic mass is 16.5. The molecule has 0 aliphatic carbocycles. The zero-order valence-corrected chi connectivity index (χ0v) is 16.4. The maximum absolute atomic E-state index is 12.3. The number of urea groups is 1. The number of piperidine rings is 1. The molecule has 26 heavy (non-hydrogen) atoms. The predicted molar refractivity (Wildman–Crippen MR) is 102 cm³/mol. The zero-order chi connectivity index (χ0) is 19.1. The first-order valence-electron chi connectivity index (χ1n) is 9.47. The summed E-state index contributed by atoms with van der Waals surface area (Å²) in [6.45, 7) is 10.9. The van der Waals surface area contributed by atoms with Crippen LogP contribution in [-0.2, 0) is 4.79 Å². The largest absolute Gasteiger partial charge is 0.484 e. The third-order valence-corrected chi connectivity index (χ3v) is 5.01. The van der Waals surface area contributed by atoms with Crippen LogP contribution in [0.1, 0.15) is 37.8 Å². The fraction of sp³-hybridized carbons (Fsp3) is 0.600. The van der Waals surface area contributed by atoms with Crippen molar-refractivity contribution in [1.82, 2.24) is 15.1 Å². The molecule has 6 heteroatoms. The van der Waals surface area contributed by atoms with Gasteiger partial charge in [0.2, 0.25) is 0 Å². The van der Waals surface area contributed by atoms with Crippen molar-refractivity contribution >= 4 is 11.9 Å². The van der Waals surface area contributed by atoms with Gasteiger partial charge in [-0.2, -0.15) is 0 Å². The van der Waals surface area contributed by atoms with Crippen LogP contribution in [-0.4, -0.2) is 60.6 Å². The molecule has 1 fully saturated rings. The zero-order valence-electron chi connectivity index (χ0n) is 16.4. The second kappa shape index (κ2) is 9.46. The van der Waals surface area contributed by atoms with Gasteiger partial charge < -0.3 is 19.9 Å². The number of carbonyl (C=O) groups excluding carboxylic acids is 2. The van der Waals surface area contributed by atoms with E-state index in [9.17, 15) is 9.59 Å². The van der Waals surface area contributed by atoms with Gasteiger partial charge in [0, 0.05) is 32.2 Å². The van der Waals surface area contributed by atoms with Gasteiger partial charge in [0.1, 0.15) is 5.75 Å². The van der Waals surface area contributed by atoms with E-state index < -0.39 is 0 Å². The standard InChI is InChI=1S/C20H31N3O3/c1-5-22(6-2)20(25)23-11-9-17(10-12-23)21-19(24)14-26-18-8-7-15(3)16(4)13-18/h7-8,13,17H,5-6,9-12,14H2,1-4H3,(H,21,24). The van der Waals surface area contributed by atoms with E-state index in [4.69, 9.17) is 4.74 Å². The Morgan fingerprint density at radius 2 is 1.81 bits per heavy atom. The SMILES string of the molecule is CCN(CC)C(=O)N1CCC(NC(=O)COc2ccc(C)c(C)c2)CC1. The van der Waals surface area contributed by atoms with Crippen LogP contribution in [0.5, 0.6) is 5.75 Å². The van der Waals surface area contributed by atoms with Crippen LogP contribution >= 0.6 is 0 Å². The lowest BCUT2D eigenvalue weighted by molar-refractivity contribution is -0.124. The molecule has 1 aliphatic heterocycles. The van der Waals surface area contributed by atoms with Gasteiger partial charge in [-0.1, -0.05) is 6.07 Å². The van der Waals surface area contributed by atoms with Gasteiger partial charge >= 0.3 is 6.03 Å². The van der Waals surface area contributed by atoms with Crippen molar-refractivity contribution in [2.24, 2.45) is 0 Å². The predicted octanol–water partition coefficient (Wildman–Crippen LogP) is 2.72. The highest BCUT2D eigenvalue weighted by molar-refractivity contribution is 5.78. The van der Waals surface area contributed by atoms with Crippen molar-refractivity contribution in [3.05, 3.63) is 29.3 Å². The molecular formula is C20H31N3O3. The summed E-state index contributed by atoms with van der Waals surface area (Å²) < 4.78 is 5.58. The maximum atomic E-state index is 12.3. The van der Waals surface area contributed by atoms with Crippen LogP contribution in [0, 0.1) is 13.8 Å². The van der Waals surface area contributed by atoms with Gasteiger partial charge in [0.15, 0.2) is 6.61 Å². The van der Waals surface area contributed by atoms with Gasteiger partial charge in [-0.25, -0.2) is 4.79 Å². The number of amides is 3. The molecule has 144 valence electrons. The van der Waals surface area contributed by atoms with E-state index in [1.807, 2.05) is 55.7 Å². The highest BCUT2D eigenvalue weighted by Gasteiger charge is 2.26. The van der Waals surface area contributed by atoms with Crippen molar-refractivity contribution < 1.29 is 14.3 Å². The summed E-state index contributed by atoms with van der Waals surface area (Å²) in [6, 6.07) is 6.02. The Balaban J connectivity index is 1.74. The van der Waals surface area contributed by atoms with E-state index in [0.29, 0.717) is 18.8 Å². The van der Waals surface area contributed by atoms with Gasteiger partial charge in [-0.15, -0.1) is 0 Å². The molecule has 1 aromatic rings. The quantitative estimate of drug-likeness (QED) is 0.847. The van der Waals surface area contributed by atoms with Crippen LogP contribution in [0.15, 0.2) is 18.2 Å². The third kappa shape index (κ3) is 5.38. The second-order valence-corrected chi connectivity index (χ2v) is 6.82. The molecule has 1 aliphatic rings. The summed E-state index contributed by atoms with van der Waals surface area (Å²) in [5.41, 5.74) is 2.35. The van der Waals surface area contributed by atoms with Crippen molar-refractivity contribution in [2.75, 3.05) is 32.8 Å². The topological polar surface area (TPSA) is 61.9 Å². The van der Waals surface area contributed by atoms with E-state index in [2.05, 4.69) is 5.32 Å². The molecule has 0 bridgehead atoms. The number of likely N-dealkylation sites (tertiary alicyclic amines) is 1. The molecule has 0 aromatic heterocycles. The molecule has 1 heterocycles. The number of hydrogen-bond donors (Lipinski definition) is 1. The first kappa shape index (κ1) is 20.1. The molecule has 0 spiro atoms. The van der Waals surface area contributed by atoms with Crippen molar-refractivity contribution in [2.45, 2.75) is 46.6 Å². The Hall–Kier alpha value is -2.24. The molecular weight excluding hydrogens is 330 g/mol. The summed E-state index contributed by atoms with van der Waals surface area (Å²) >= 11 is 0. The number of rotatable bonds is 6. The monoisotopic (exact) mass is 361 g/mol. The average molecular weight is 361 g/mol. The van der Waals surface area contributed by atoms with Gasteiger partial charge in [-0.3, -0.25) is 4.79 Å². The fourth-order valence-corrected chi connectivity index (χ4v) is 3.13. The number of carbonyl (C=O) groups is 2. The molecule has 1 aromatic carbocycles. The molecule has 1 saturated heterocycles. The van der Waals surface area contributed by atoms with E-state index >= 15 is 0 Å². The van der Waals surface area contributed by atoms with Crippen LogP contribution in [0.4, 0.5) is 4.79 Å². The van der Waals surface area contributed by atoms with Crippen LogP contribution in [0.25, 0.3) is 0 Å². The summed E-state index contributed by atoms with van der Waals surface area (Å²) in [5, 5.41) is 3.02. The molecule has 0 saturated carbocycles. The highest BCUT2D eigenvalue weighted by Crippen LogP contribution is 2.16. The molecule has 3 amide bonds. The molecule has 0 atom stereocenters. The summed E-state index contributed by atoms with van der Waals surface area (Å²) in [7, 11) is 0. The Kier molecular flexibility index (Phi) is 7.30. The normalized spacial score (nSPS) is 14.8. The Morgan fingerprint density at radius 1 is 1.15 bits per heavy atom. The second-order valence-electron chi connectivity index (χ2n) is 6.82. The van der Waals surface area contributed by atoms with Crippen LogP contribution in [0.3, 0.4) is 0 Å². The lowest BCUT2D eigenvalue weighted by Gasteiger charge is -2.35. The molecule has 2 rings (SSSR count).